The number of aromatic nitrogens is 2. The average molecular weight is 201 g/mol. The molecule has 15 heavy (non-hydrogen) atoms. The second-order valence-electron chi connectivity index (χ2n) is 2.92. The van der Waals surface area contributed by atoms with Crippen LogP contribution in [-0.2, 0) is 0 Å². The van der Waals surface area contributed by atoms with Gasteiger partial charge in [0.1, 0.15) is 0 Å². The van der Waals surface area contributed by atoms with E-state index >= 15 is 0 Å². The fraction of sp³-hybridized carbons (Fsp3) is 0. The number of benzene rings is 1. The van der Waals surface area contributed by atoms with E-state index in [2.05, 4.69) is 17.4 Å². The Labute approximate surface area is 85.1 Å². The van der Waals surface area contributed by atoms with Gasteiger partial charge in [-0.2, -0.15) is 5.10 Å². The zero-order valence-corrected chi connectivity index (χ0v) is 7.75. The molecule has 0 amide bonds. The first-order valence-electron chi connectivity index (χ1n) is 4.20. The summed E-state index contributed by atoms with van der Waals surface area (Å²) in [5.74, 6) is 0. The highest BCUT2D eigenvalue weighted by molar-refractivity contribution is 5.82. The van der Waals surface area contributed by atoms with Crippen molar-refractivity contribution in [2.45, 2.75) is 0 Å². The molecule has 0 saturated heterocycles. The third-order valence-corrected chi connectivity index (χ3v) is 2.01. The van der Waals surface area contributed by atoms with Gasteiger partial charge in [0.15, 0.2) is 0 Å². The standard InChI is InChI=1S/C10H7N3O2/c1-2-5-12-10-6-9(13(14)15)4-3-8(10)7-11-12/h3-7H,1H2. The fourth-order valence-corrected chi connectivity index (χ4v) is 1.33. The maximum absolute atomic E-state index is 10.6. The summed E-state index contributed by atoms with van der Waals surface area (Å²) in [7, 11) is 0. The van der Waals surface area contributed by atoms with E-state index in [-0.39, 0.29) is 5.69 Å². The number of hydrogen-bond acceptors (Lipinski definition) is 3. The van der Waals surface area contributed by atoms with Gasteiger partial charge in [0.05, 0.1) is 22.8 Å². The molecule has 74 valence electrons. The molecule has 1 aromatic carbocycles. The average Bonchev–Trinajstić information content (AvgIpc) is 2.61. The molecule has 0 aliphatic heterocycles. The molecule has 0 aliphatic carbocycles. The van der Waals surface area contributed by atoms with Gasteiger partial charge in [-0.15, -0.1) is 5.73 Å². The molecular weight excluding hydrogens is 194 g/mol. The maximum Gasteiger partial charge on any atom is 0.271 e. The van der Waals surface area contributed by atoms with E-state index in [9.17, 15) is 10.1 Å². The van der Waals surface area contributed by atoms with E-state index in [1.807, 2.05) is 0 Å². The smallest absolute Gasteiger partial charge is 0.258 e. The van der Waals surface area contributed by atoms with Crippen LogP contribution in [0, 0.1) is 10.1 Å². The first kappa shape index (κ1) is 9.18. The first-order chi connectivity index (χ1) is 7.22. The molecule has 2 aromatic rings. The highest BCUT2D eigenvalue weighted by atomic mass is 16.6. The number of hydrogen-bond donors (Lipinski definition) is 0. The summed E-state index contributed by atoms with van der Waals surface area (Å²) in [6.45, 7) is 3.42. The van der Waals surface area contributed by atoms with Crippen molar-refractivity contribution in [1.29, 1.82) is 0 Å². The van der Waals surface area contributed by atoms with Gasteiger partial charge in [-0.3, -0.25) is 10.1 Å². The van der Waals surface area contributed by atoms with Crippen molar-refractivity contribution >= 4 is 22.8 Å². The van der Waals surface area contributed by atoms with Gasteiger partial charge < -0.3 is 0 Å². The molecule has 0 fully saturated rings. The summed E-state index contributed by atoms with van der Waals surface area (Å²) in [4.78, 5) is 10.1. The van der Waals surface area contributed by atoms with E-state index in [0.29, 0.717) is 5.52 Å². The third kappa shape index (κ3) is 1.51. The summed E-state index contributed by atoms with van der Waals surface area (Å²) in [5, 5.41) is 15.4. The van der Waals surface area contributed by atoms with Gasteiger partial charge in [-0.25, -0.2) is 4.68 Å². The molecule has 0 aliphatic rings. The Morgan fingerprint density at radius 1 is 1.60 bits per heavy atom. The normalized spacial score (nSPS) is 9.87. The molecule has 1 heterocycles. The summed E-state index contributed by atoms with van der Waals surface area (Å²) in [5.41, 5.74) is 3.28. The number of non-ortho nitro benzene ring substituents is 1. The Kier molecular flexibility index (Phi) is 2.08. The molecule has 0 bridgehead atoms. The molecule has 0 unspecified atom stereocenters. The summed E-state index contributed by atoms with van der Waals surface area (Å²) in [6.07, 6.45) is 3.15. The molecule has 0 radical (unpaired) electrons. The Balaban J connectivity index is 2.71. The van der Waals surface area contributed by atoms with Crippen molar-refractivity contribution in [3.63, 3.8) is 0 Å². The van der Waals surface area contributed by atoms with E-state index < -0.39 is 4.92 Å². The molecule has 0 N–H and O–H groups in total. The van der Waals surface area contributed by atoms with Crippen molar-refractivity contribution in [1.82, 2.24) is 9.78 Å². The fourth-order valence-electron chi connectivity index (χ4n) is 1.33. The Hall–Kier alpha value is -2.39. The van der Waals surface area contributed by atoms with Crippen molar-refractivity contribution in [2.75, 3.05) is 0 Å². The van der Waals surface area contributed by atoms with E-state index in [0.717, 1.165) is 5.39 Å². The van der Waals surface area contributed by atoms with Gasteiger partial charge in [0, 0.05) is 17.5 Å². The lowest BCUT2D eigenvalue weighted by Gasteiger charge is -1.94. The van der Waals surface area contributed by atoms with Gasteiger partial charge in [-0.05, 0) is 6.07 Å². The molecular formula is C10H7N3O2. The van der Waals surface area contributed by atoms with Crippen molar-refractivity contribution in [3.8, 4) is 0 Å². The summed E-state index contributed by atoms with van der Waals surface area (Å²) >= 11 is 0. The Morgan fingerprint density at radius 2 is 2.40 bits per heavy atom. The van der Waals surface area contributed by atoms with E-state index in [4.69, 9.17) is 0 Å². The van der Waals surface area contributed by atoms with Crippen LogP contribution >= 0.6 is 0 Å². The minimum Gasteiger partial charge on any atom is -0.258 e. The summed E-state index contributed by atoms with van der Waals surface area (Å²) < 4.78 is 1.50. The van der Waals surface area contributed by atoms with Crippen LogP contribution in [0.5, 0.6) is 0 Å². The van der Waals surface area contributed by atoms with Crippen molar-refractivity contribution < 1.29 is 4.92 Å². The van der Waals surface area contributed by atoms with E-state index in [1.165, 1.54) is 23.0 Å². The lowest BCUT2D eigenvalue weighted by molar-refractivity contribution is -0.384. The maximum atomic E-state index is 10.6. The lowest BCUT2D eigenvalue weighted by Crippen LogP contribution is -1.90. The Bertz CT molecular complexity index is 579. The van der Waals surface area contributed by atoms with Crippen LogP contribution in [0.4, 0.5) is 5.69 Å². The number of nitro groups is 1. The predicted octanol–water partition coefficient (Wildman–Crippen LogP) is 2.20. The van der Waals surface area contributed by atoms with Gasteiger partial charge >= 0.3 is 0 Å². The first-order valence-corrected chi connectivity index (χ1v) is 4.20. The molecule has 1 aromatic heterocycles. The van der Waals surface area contributed by atoms with Crippen molar-refractivity contribution in [2.24, 2.45) is 0 Å². The topological polar surface area (TPSA) is 61.0 Å². The molecule has 5 heteroatoms. The molecule has 0 atom stereocenters. The second-order valence-corrected chi connectivity index (χ2v) is 2.92. The largest absolute Gasteiger partial charge is 0.271 e. The minimum atomic E-state index is -0.436. The van der Waals surface area contributed by atoms with Crippen LogP contribution in [0.3, 0.4) is 0 Å². The quantitative estimate of drug-likeness (QED) is 0.425. The number of nitro benzene ring substituents is 1. The van der Waals surface area contributed by atoms with Gasteiger partial charge in [0.2, 0.25) is 0 Å². The van der Waals surface area contributed by atoms with Crippen LogP contribution in [0.15, 0.2) is 36.7 Å². The highest BCUT2D eigenvalue weighted by Crippen LogP contribution is 2.20. The number of rotatable bonds is 2. The lowest BCUT2D eigenvalue weighted by atomic mass is 10.2. The Morgan fingerprint density at radius 3 is 3.07 bits per heavy atom. The minimum absolute atomic E-state index is 0.0433. The van der Waals surface area contributed by atoms with Crippen LogP contribution in [0.1, 0.15) is 0 Å². The molecule has 0 saturated carbocycles. The SMILES string of the molecule is C=C=Cn1ncc2ccc([N+](=O)[O-])cc21. The van der Waals surface area contributed by atoms with Crippen LogP contribution in [-0.4, -0.2) is 14.7 Å². The van der Waals surface area contributed by atoms with E-state index in [1.54, 1.807) is 12.3 Å². The second kappa shape index (κ2) is 3.40. The van der Waals surface area contributed by atoms with Crippen molar-refractivity contribution in [3.05, 3.63) is 46.8 Å². The van der Waals surface area contributed by atoms with Gasteiger partial charge in [-0.1, -0.05) is 6.58 Å². The van der Waals surface area contributed by atoms with Crippen LogP contribution in [0.25, 0.3) is 17.1 Å². The highest BCUT2D eigenvalue weighted by Gasteiger charge is 2.08. The molecule has 5 nitrogen and oxygen atoms in total. The summed E-state index contributed by atoms with van der Waals surface area (Å²) in [6, 6.07) is 4.58. The van der Waals surface area contributed by atoms with Crippen LogP contribution in [0.2, 0.25) is 0 Å². The zero-order chi connectivity index (χ0) is 10.8. The number of fused-ring (bicyclic) bond motifs is 1. The monoisotopic (exact) mass is 201 g/mol. The predicted molar refractivity (Wildman–Crippen MR) is 56.3 cm³/mol. The van der Waals surface area contributed by atoms with Gasteiger partial charge in [0.25, 0.3) is 5.69 Å². The number of nitrogens with zero attached hydrogens (tertiary/aromatic N) is 3. The molecule has 0 spiro atoms. The molecule has 2 rings (SSSR count). The zero-order valence-electron chi connectivity index (χ0n) is 7.75. The third-order valence-electron chi connectivity index (χ3n) is 2.01. The van der Waals surface area contributed by atoms with Crippen LogP contribution < -0.4 is 0 Å².